The van der Waals surface area contributed by atoms with E-state index in [0.717, 1.165) is 16.7 Å². The van der Waals surface area contributed by atoms with Gasteiger partial charge in [0.25, 0.3) is 0 Å². The number of fused-ring (bicyclic) bond motifs is 8. The highest BCUT2D eigenvalue weighted by molar-refractivity contribution is 6.22. The van der Waals surface area contributed by atoms with Crippen LogP contribution in [0.1, 0.15) is 0 Å². The number of aromatic amines is 1. The molecule has 2 heterocycles. The van der Waals surface area contributed by atoms with Gasteiger partial charge in [0, 0.05) is 43.8 Å². The highest BCUT2D eigenvalue weighted by Crippen LogP contribution is 2.46. The van der Waals surface area contributed by atoms with E-state index in [4.69, 9.17) is 0 Å². The molecule has 2 aromatic heterocycles. The monoisotopic (exact) mass is 736 g/mol. The minimum atomic E-state index is 1.13. The summed E-state index contributed by atoms with van der Waals surface area (Å²) in [5, 5.41) is 10.0. The van der Waals surface area contributed by atoms with Gasteiger partial charge in [-0.05, 0) is 96.9 Å². The second kappa shape index (κ2) is 12.9. The molecular formula is C56H36N2. The highest BCUT2D eigenvalue weighted by atomic mass is 15.0. The number of H-pyrrole nitrogens is 1. The van der Waals surface area contributed by atoms with Gasteiger partial charge in [0.15, 0.2) is 0 Å². The van der Waals surface area contributed by atoms with Gasteiger partial charge in [0.1, 0.15) is 0 Å². The molecule has 0 bridgehead atoms. The first-order chi connectivity index (χ1) is 28.8. The van der Waals surface area contributed by atoms with Crippen LogP contribution in [-0.4, -0.2) is 9.55 Å². The van der Waals surface area contributed by atoms with Crippen molar-refractivity contribution in [1.82, 2.24) is 9.55 Å². The van der Waals surface area contributed by atoms with Gasteiger partial charge in [-0.25, -0.2) is 0 Å². The Morgan fingerprint density at radius 1 is 0.293 bits per heavy atom. The molecule has 2 nitrogen and oxygen atoms in total. The molecule has 0 amide bonds. The maximum atomic E-state index is 3.62. The lowest BCUT2D eigenvalue weighted by molar-refractivity contribution is 1.18. The fourth-order valence-corrected chi connectivity index (χ4v) is 9.61. The molecule has 0 saturated heterocycles. The molecule has 0 atom stereocenters. The Hall–Kier alpha value is -7.68. The van der Waals surface area contributed by atoms with Gasteiger partial charge in [0.2, 0.25) is 0 Å². The van der Waals surface area contributed by atoms with Gasteiger partial charge in [-0.1, -0.05) is 176 Å². The molecular weight excluding hydrogens is 701 g/mol. The predicted molar refractivity (Wildman–Crippen MR) is 247 cm³/mol. The first kappa shape index (κ1) is 32.6. The van der Waals surface area contributed by atoms with Crippen LogP contribution in [0.3, 0.4) is 0 Å². The normalized spacial score (nSPS) is 11.8. The first-order valence-electron chi connectivity index (χ1n) is 20.0. The Labute approximate surface area is 335 Å². The number of aromatic nitrogens is 2. The summed E-state index contributed by atoms with van der Waals surface area (Å²) in [6.07, 6.45) is 0. The summed E-state index contributed by atoms with van der Waals surface area (Å²) in [6, 6.07) is 77.7. The zero-order valence-corrected chi connectivity index (χ0v) is 31.7. The van der Waals surface area contributed by atoms with Gasteiger partial charge in [0.05, 0.1) is 11.0 Å². The summed E-state index contributed by atoms with van der Waals surface area (Å²) in [4.78, 5) is 3.62. The molecule has 0 radical (unpaired) electrons. The third-order valence-corrected chi connectivity index (χ3v) is 12.1. The van der Waals surface area contributed by atoms with Gasteiger partial charge in [-0.2, -0.15) is 0 Å². The summed E-state index contributed by atoms with van der Waals surface area (Å²) < 4.78 is 2.49. The number of hydrogen-bond acceptors (Lipinski definition) is 0. The number of hydrogen-bond donors (Lipinski definition) is 1. The number of nitrogens with zero attached hydrogens (tertiary/aromatic N) is 1. The topological polar surface area (TPSA) is 20.7 Å². The van der Waals surface area contributed by atoms with Crippen molar-refractivity contribution in [2.45, 2.75) is 0 Å². The maximum Gasteiger partial charge on any atom is 0.0625 e. The fourth-order valence-electron chi connectivity index (χ4n) is 9.61. The first-order valence-corrected chi connectivity index (χ1v) is 20.0. The van der Waals surface area contributed by atoms with Crippen molar-refractivity contribution in [3.05, 3.63) is 212 Å². The van der Waals surface area contributed by atoms with E-state index >= 15 is 0 Å². The van der Waals surface area contributed by atoms with Crippen molar-refractivity contribution in [1.29, 1.82) is 0 Å². The van der Waals surface area contributed by atoms with Crippen molar-refractivity contribution in [2.24, 2.45) is 0 Å². The molecule has 10 aromatic carbocycles. The SMILES string of the molecule is c1ccc(-c2c3ccccc3c(-c3ccc(-n4c5ccccc5c5ccc(-c6ccc7[nH]c8ccccc8c7c6)c(-c6ccccc6)c54)cc3)c3ccccc23)cc1. The number of benzene rings is 10. The summed E-state index contributed by atoms with van der Waals surface area (Å²) in [5.74, 6) is 0. The molecule has 0 aliphatic carbocycles. The zero-order chi connectivity index (χ0) is 38.2. The Bertz CT molecular complexity index is 3480. The van der Waals surface area contributed by atoms with Crippen LogP contribution in [0, 0.1) is 0 Å². The minimum Gasteiger partial charge on any atom is -0.355 e. The summed E-state index contributed by atoms with van der Waals surface area (Å²) in [7, 11) is 0. The second-order valence-electron chi connectivity index (χ2n) is 15.3. The van der Waals surface area contributed by atoms with Crippen molar-refractivity contribution in [3.8, 4) is 50.2 Å². The lowest BCUT2D eigenvalue weighted by Crippen LogP contribution is -1.97. The Morgan fingerprint density at radius 2 is 0.776 bits per heavy atom. The number of nitrogens with one attached hydrogen (secondary N) is 1. The molecule has 58 heavy (non-hydrogen) atoms. The molecule has 12 rings (SSSR count). The molecule has 0 aliphatic rings. The molecule has 0 fully saturated rings. The van der Waals surface area contributed by atoms with Gasteiger partial charge in [-0.3, -0.25) is 0 Å². The molecule has 0 unspecified atom stereocenters. The minimum absolute atomic E-state index is 1.13. The fraction of sp³-hybridized carbons (Fsp3) is 0. The molecule has 1 N–H and O–H groups in total. The van der Waals surface area contributed by atoms with Gasteiger partial charge in [-0.15, -0.1) is 0 Å². The van der Waals surface area contributed by atoms with E-state index in [1.54, 1.807) is 0 Å². The summed E-state index contributed by atoms with van der Waals surface area (Å²) in [5.41, 5.74) is 15.6. The van der Waals surface area contributed by atoms with Crippen molar-refractivity contribution in [3.63, 3.8) is 0 Å². The largest absolute Gasteiger partial charge is 0.355 e. The Kier molecular flexibility index (Phi) is 7.26. The molecule has 270 valence electrons. The van der Waals surface area contributed by atoms with E-state index in [-0.39, 0.29) is 0 Å². The van der Waals surface area contributed by atoms with Crippen LogP contribution in [0.25, 0.3) is 115 Å². The third-order valence-electron chi connectivity index (χ3n) is 12.1. The van der Waals surface area contributed by atoms with Crippen LogP contribution in [0.15, 0.2) is 212 Å². The van der Waals surface area contributed by atoms with Crippen LogP contribution in [0.5, 0.6) is 0 Å². The average Bonchev–Trinajstić information content (AvgIpc) is 3.84. The molecule has 12 aromatic rings. The third kappa shape index (κ3) is 4.92. The van der Waals surface area contributed by atoms with E-state index in [0.29, 0.717) is 0 Å². The van der Waals surface area contributed by atoms with E-state index in [9.17, 15) is 0 Å². The maximum absolute atomic E-state index is 3.62. The van der Waals surface area contributed by atoms with Crippen molar-refractivity contribution in [2.75, 3.05) is 0 Å². The zero-order valence-electron chi connectivity index (χ0n) is 31.7. The predicted octanol–water partition coefficient (Wildman–Crippen LogP) is 15.4. The summed E-state index contributed by atoms with van der Waals surface area (Å²) >= 11 is 0. The molecule has 2 heteroatoms. The molecule has 0 saturated carbocycles. The van der Waals surface area contributed by atoms with Crippen molar-refractivity contribution < 1.29 is 0 Å². The van der Waals surface area contributed by atoms with Crippen LogP contribution in [-0.2, 0) is 0 Å². The Balaban J connectivity index is 1.10. The van der Waals surface area contributed by atoms with E-state index < -0.39 is 0 Å². The summed E-state index contributed by atoms with van der Waals surface area (Å²) in [6.45, 7) is 0. The van der Waals surface area contributed by atoms with E-state index in [1.165, 1.54) is 98.6 Å². The average molecular weight is 737 g/mol. The van der Waals surface area contributed by atoms with Crippen LogP contribution < -0.4 is 0 Å². The highest BCUT2D eigenvalue weighted by Gasteiger charge is 2.22. The van der Waals surface area contributed by atoms with Gasteiger partial charge >= 0.3 is 0 Å². The van der Waals surface area contributed by atoms with E-state index in [2.05, 4.69) is 222 Å². The van der Waals surface area contributed by atoms with Crippen LogP contribution in [0.2, 0.25) is 0 Å². The standard InChI is InChI=1S/C56H36N2/c1-3-15-36(16-4-1)53-44-21-7-9-23-46(44)54(47-24-10-8-22-45(47)53)38-27-30-40(31-28-38)58-52-26-14-12-20-43(52)48-33-32-41(55(56(48)58)37-17-5-2-6-18-37)39-29-34-51-49(35-39)42-19-11-13-25-50(42)57-51/h1-35,57H. The van der Waals surface area contributed by atoms with E-state index in [1.807, 2.05) is 0 Å². The Morgan fingerprint density at radius 3 is 1.41 bits per heavy atom. The smallest absolute Gasteiger partial charge is 0.0625 e. The molecule has 0 spiro atoms. The lowest BCUT2D eigenvalue weighted by Gasteiger charge is -2.19. The lowest BCUT2D eigenvalue weighted by atomic mass is 9.86. The number of rotatable bonds is 5. The van der Waals surface area contributed by atoms with Gasteiger partial charge < -0.3 is 9.55 Å². The second-order valence-corrected chi connectivity index (χ2v) is 15.3. The number of para-hydroxylation sites is 2. The van der Waals surface area contributed by atoms with Crippen molar-refractivity contribution >= 4 is 65.2 Å². The van der Waals surface area contributed by atoms with Crippen LogP contribution >= 0.6 is 0 Å². The van der Waals surface area contributed by atoms with Crippen LogP contribution in [0.4, 0.5) is 0 Å². The quantitative estimate of drug-likeness (QED) is 0.170. The molecule has 0 aliphatic heterocycles.